The Bertz CT molecular complexity index is 941. The Morgan fingerprint density at radius 2 is 2.27 bits per heavy atom. The van der Waals surface area contributed by atoms with E-state index in [2.05, 4.69) is 20.5 Å². The van der Waals surface area contributed by atoms with Crippen LogP contribution in [-0.2, 0) is 4.79 Å². The van der Waals surface area contributed by atoms with Crippen molar-refractivity contribution in [2.75, 3.05) is 12.9 Å². The van der Waals surface area contributed by atoms with Crippen molar-refractivity contribution >= 4 is 57.5 Å². The maximum absolute atomic E-state index is 11.9. The molecule has 7 nitrogen and oxygen atoms in total. The number of aromatic nitrogens is 2. The van der Waals surface area contributed by atoms with Crippen molar-refractivity contribution in [3.63, 3.8) is 0 Å². The van der Waals surface area contributed by atoms with Crippen LogP contribution in [0.5, 0.6) is 11.5 Å². The number of methoxy groups -OCH3 is 1. The van der Waals surface area contributed by atoms with Gasteiger partial charge in [0.15, 0.2) is 16.7 Å². The molecule has 2 aromatic carbocycles. The Morgan fingerprint density at radius 1 is 1.46 bits per heavy atom. The van der Waals surface area contributed by atoms with Crippen LogP contribution in [0.2, 0.25) is 0 Å². The van der Waals surface area contributed by atoms with E-state index in [0.29, 0.717) is 20.0 Å². The fourth-order valence-electron chi connectivity index (χ4n) is 2.17. The third-order valence-electron chi connectivity index (χ3n) is 3.38. The number of hydrogen-bond donors (Lipinski definition) is 3. The van der Waals surface area contributed by atoms with Crippen molar-refractivity contribution in [2.24, 2.45) is 5.10 Å². The second-order valence-corrected chi connectivity index (χ2v) is 7.32. The minimum atomic E-state index is -0.243. The van der Waals surface area contributed by atoms with Gasteiger partial charge in [-0.2, -0.15) is 5.10 Å². The number of ether oxygens (including phenoxy) is 1. The number of carbonyl (C=O) groups is 1. The Labute approximate surface area is 167 Å². The molecule has 0 aliphatic heterocycles. The van der Waals surface area contributed by atoms with E-state index in [4.69, 9.17) is 4.74 Å². The molecule has 1 aromatic heterocycles. The van der Waals surface area contributed by atoms with Gasteiger partial charge in [0.25, 0.3) is 5.91 Å². The molecule has 0 unspecified atom stereocenters. The highest BCUT2D eigenvalue weighted by Crippen LogP contribution is 2.31. The van der Waals surface area contributed by atoms with E-state index in [1.54, 1.807) is 12.1 Å². The summed E-state index contributed by atoms with van der Waals surface area (Å²) in [7, 11) is 1.48. The van der Waals surface area contributed by atoms with E-state index in [9.17, 15) is 9.90 Å². The molecule has 0 saturated carbocycles. The van der Waals surface area contributed by atoms with Crippen molar-refractivity contribution < 1.29 is 14.6 Å². The second-order valence-electron chi connectivity index (χ2n) is 5.19. The molecule has 3 N–H and O–H groups in total. The van der Waals surface area contributed by atoms with Crippen molar-refractivity contribution in [1.82, 2.24) is 15.4 Å². The molecular formula is C17H15IN4O3S. The van der Waals surface area contributed by atoms with Crippen LogP contribution >= 0.6 is 34.4 Å². The predicted molar refractivity (Wildman–Crippen MR) is 110 cm³/mol. The molecule has 3 aromatic rings. The number of rotatable bonds is 6. The summed E-state index contributed by atoms with van der Waals surface area (Å²) in [6.07, 6.45) is 1.49. The summed E-state index contributed by atoms with van der Waals surface area (Å²) in [5.41, 5.74) is 4.97. The smallest absolute Gasteiger partial charge is 0.250 e. The first kappa shape index (κ1) is 18.5. The third-order valence-corrected chi connectivity index (χ3v) is 5.08. The Morgan fingerprint density at radius 3 is 3.04 bits per heavy atom. The Kier molecular flexibility index (Phi) is 5.99. The molecule has 0 saturated heterocycles. The molecule has 26 heavy (non-hydrogen) atoms. The van der Waals surface area contributed by atoms with Gasteiger partial charge in [0.05, 0.1) is 33.7 Å². The highest BCUT2D eigenvalue weighted by molar-refractivity contribution is 14.1. The van der Waals surface area contributed by atoms with Gasteiger partial charge in [0.2, 0.25) is 0 Å². The van der Waals surface area contributed by atoms with Crippen molar-refractivity contribution in [3.05, 3.63) is 45.5 Å². The molecule has 0 bridgehead atoms. The summed E-state index contributed by atoms with van der Waals surface area (Å²) in [5, 5.41) is 14.4. The summed E-state index contributed by atoms with van der Waals surface area (Å²) in [6.45, 7) is 0. The van der Waals surface area contributed by atoms with E-state index >= 15 is 0 Å². The Balaban J connectivity index is 1.55. The summed E-state index contributed by atoms with van der Waals surface area (Å²) >= 11 is 3.30. The number of imidazole rings is 1. The fraction of sp³-hybridized carbons (Fsp3) is 0.118. The van der Waals surface area contributed by atoms with Crippen molar-refractivity contribution in [2.45, 2.75) is 5.16 Å². The maximum Gasteiger partial charge on any atom is 0.250 e. The summed E-state index contributed by atoms with van der Waals surface area (Å²) < 4.78 is 5.72. The standard InChI is InChI=1S/C17H15IN4O3S/c1-25-14-7-10(6-11(18)16(14)24)8-19-22-15(23)9-26-17-20-12-4-2-3-5-13(12)21-17/h2-8,24H,9H2,1H3,(H,20,21)(H,22,23)/b19-8-. The van der Waals surface area contributed by atoms with Gasteiger partial charge in [-0.3, -0.25) is 4.79 Å². The summed E-state index contributed by atoms with van der Waals surface area (Å²) in [6, 6.07) is 11.1. The molecule has 0 aliphatic carbocycles. The average molecular weight is 482 g/mol. The molecule has 1 heterocycles. The van der Waals surface area contributed by atoms with Crippen LogP contribution in [0.3, 0.4) is 0 Å². The van der Waals surface area contributed by atoms with Crippen LogP contribution < -0.4 is 10.2 Å². The normalized spacial score (nSPS) is 11.2. The van der Waals surface area contributed by atoms with Crippen LogP contribution in [0.1, 0.15) is 5.56 Å². The quantitative estimate of drug-likeness (QED) is 0.217. The van der Waals surface area contributed by atoms with Gasteiger partial charge in [-0.05, 0) is 52.4 Å². The number of hydrazone groups is 1. The number of amides is 1. The van der Waals surface area contributed by atoms with Crippen LogP contribution in [0.25, 0.3) is 11.0 Å². The molecular weight excluding hydrogens is 467 g/mol. The van der Waals surface area contributed by atoms with Crippen LogP contribution in [0.15, 0.2) is 46.7 Å². The zero-order valence-corrected chi connectivity index (χ0v) is 16.7. The number of fused-ring (bicyclic) bond motifs is 1. The highest BCUT2D eigenvalue weighted by Gasteiger charge is 2.08. The minimum Gasteiger partial charge on any atom is -0.504 e. The third kappa shape index (κ3) is 4.47. The van der Waals surface area contributed by atoms with Gasteiger partial charge in [-0.1, -0.05) is 23.9 Å². The van der Waals surface area contributed by atoms with Gasteiger partial charge in [-0.25, -0.2) is 10.4 Å². The maximum atomic E-state index is 11.9. The molecule has 0 atom stereocenters. The molecule has 0 aliphatic rings. The topological polar surface area (TPSA) is 99.6 Å². The molecule has 9 heteroatoms. The summed E-state index contributed by atoms with van der Waals surface area (Å²) in [4.78, 5) is 19.5. The zero-order valence-electron chi connectivity index (χ0n) is 13.7. The lowest BCUT2D eigenvalue weighted by Gasteiger charge is -2.06. The lowest BCUT2D eigenvalue weighted by Crippen LogP contribution is -2.19. The molecule has 1 amide bonds. The number of phenolic OH excluding ortho intramolecular Hbond substituents is 1. The number of aromatic amines is 1. The number of thioether (sulfide) groups is 1. The number of phenols is 1. The first-order valence-corrected chi connectivity index (χ1v) is 9.59. The lowest BCUT2D eigenvalue weighted by molar-refractivity contribution is -0.118. The zero-order chi connectivity index (χ0) is 18.5. The number of nitrogens with one attached hydrogen (secondary N) is 2. The van der Waals surface area contributed by atoms with Gasteiger partial charge in [-0.15, -0.1) is 0 Å². The van der Waals surface area contributed by atoms with E-state index in [-0.39, 0.29) is 17.4 Å². The molecule has 134 valence electrons. The van der Waals surface area contributed by atoms with E-state index in [1.807, 2.05) is 46.9 Å². The molecule has 3 rings (SSSR count). The SMILES string of the molecule is COc1cc(/C=N\NC(=O)CSc2nc3ccccc3[nH]2)cc(I)c1O. The highest BCUT2D eigenvalue weighted by atomic mass is 127. The van der Waals surface area contributed by atoms with E-state index in [1.165, 1.54) is 25.1 Å². The number of para-hydroxylation sites is 2. The van der Waals surface area contributed by atoms with Crippen LogP contribution in [0.4, 0.5) is 0 Å². The number of hydrogen-bond acceptors (Lipinski definition) is 6. The van der Waals surface area contributed by atoms with Crippen molar-refractivity contribution in [1.29, 1.82) is 0 Å². The van der Waals surface area contributed by atoms with E-state index in [0.717, 1.165) is 11.0 Å². The second kappa shape index (κ2) is 8.41. The van der Waals surface area contributed by atoms with Gasteiger partial charge < -0.3 is 14.8 Å². The van der Waals surface area contributed by atoms with Crippen molar-refractivity contribution in [3.8, 4) is 11.5 Å². The largest absolute Gasteiger partial charge is 0.504 e. The van der Waals surface area contributed by atoms with E-state index < -0.39 is 0 Å². The molecule has 0 radical (unpaired) electrons. The fourth-order valence-corrected chi connectivity index (χ4v) is 3.47. The summed E-state index contributed by atoms with van der Waals surface area (Å²) in [5.74, 6) is 0.377. The van der Waals surface area contributed by atoms with Crippen LogP contribution in [-0.4, -0.2) is 40.1 Å². The number of halogens is 1. The number of carbonyl (C=O) groups excluding carboxylic acids is 1. The Hall–Kier alpha value is -2.27. The predicted octanol–water partition coefficient (Wildman–Crippen LogP) is 3.12. The first-order chi connectivity index (χ1) is 12.6. The first-order valence-electron chi connectivity index (χ1n) is 7.53. The van der Waals surface area contributed by atoms with Gasteiger partial charge >= 0.3 is 0 Å². The minimum absolute atomic E-state index is 0.0801. The molecule has 0 spiro atoms. The van der Waals surface area contributed by atoms with Gasteiger partial charge in [0, 0.05) is 0 Å². The average Bonchev–Trinajstić information content (AvgIpc) is 3.05. The van der Waals surface area contributed by atoms with Gasteiger partial charge in [0.1, 0.15) is 0 Å². The monoisotopic (exact) mass is 482 g/mol. The number of aromatic hydroxyl groups is 1. The lowest BCUT2D eigenvalue weighted by atomic mass is 10.2. The number of benzene rings is 2. The molecule has 0 fully saturated rings. The van der Waals surface area contributed by atoms with Crippen LogP contribution in [0, 0.1) is 3.57 Å². The number of nitrogens with zero attached hydrogens (tertiary/aromatic N) is 2. The number of H-pyrrole nitrogens is 1.